The predicted octanol–water partition coefficient (Wildman–Crippen LogP) is 6.26. The molecule has 0 N–H and O–H groups in total. The minimum absolute atomic E-state index is 0.0992. The van der Waals surface area contributed by atoms with Gasteiger partial charge in [0.25, 0.3) is 0 Å². The van der Waals surface area contributed by atoms with Crippen LogP contribution in [0.15, 0.2) is 41.7 Å². The van der Waals surface area contributed by atoms with Crippen molar-refractivity contribution >= 4 is 49.3 Å². The van der Waals surface area contributed by atoms with Crippen LogP contribution in [0.5, 0.6) is 0 Å². The minimum Gasteiger partial charge on any atom is -0.370 e. The number of nitrogens with zero attached hydrogens (tertiary/aromatic N) is 3. The summed E-state index contributed by atoms with van der Waals surface area (Å²) in [4.78, 5) is 28.0. The van der Waals surface area contributed by atoms with Gasteiger partial charge in [-0.2, -0.15) is 0 Å². The van der Waals surface area contributed by atoms with Gasteiger partial charge in [0.05, 0.1) is 28.2 Å². The van der Waals surface area contributed by atoms with Crippen molar-refractivity contribution in [1.29, 1.82) is 0 Å². The summed E-state index contributed by atoms with van der Waals surface area (Å²) in [5.41, 5.74) is 5.11. The second-order valence-electron chi connectivity index (χ2n) is 9.56. The van der Waals surface area contributed by atoms with Gasteiger partial charge in [0.1, 0.15) is 16.2 Å². The molecule has 0 bridgehead atoms. The van der Waals surface area contributed by atoms with Crippen molar-refractivity contribution in [2.24, 2.45) is 5.92 Å². The average molecular weight is 478 g/mol. The van der Waals surface area contributed by atoms with Gasteiger partial charge in [-0.1, -0.05) is 55.9 Å². The van der Waals surface area contributed by atoms with E-state index in [0.717, 1.165) is 49.6 Å². The van der Waals surface area contributed by atoms with Crippen LogP contribution in [-0.2, 0) is 24.2 Å². The summed E-state index contributed by atoms with van der Waals surface area (Å²) >= 11 is 3.12. The van der Waals surface area contributed by atoms with E-state index in [4.69, 9.17) is 9.72 Å². The van der Waals surface area contributed by atoms with Crippen LogP contribution < -0.4 is 0 Å². The highest BCUT2D eigenvalue weighted by molar-refractivity contribution is 8.00. The third-order valence-electron chi connectivity index (χ3n) is 5.92. The summed E-state index contributed by atoms with van der Waals surface area (Å²) < 4.78 is 7.18. The molecule has 0 amide bonds. The number of carbonyl (C=O) groups is 1. The molecule has 7 heteroatoms. The summed E-state index contributed by atoms with van der Waals surface area (Å²) in [5, 5.41) is 1.98. The molecule has 3 aromatic heterocycles. The van der Waals surface area contributed by atoms with Crippen molar-refractivity contribution in [2.45, 2.75) is 57.8 Å². The summed E-state index contributed by atoms with van der Waals surface area (Å²) in [7, 11) is 0. The van der Waals surface area contributed by atoms with Gasteiger partial charge in [-0.25, -0.2) is 15.0 Å². The maximum Gasteiger partial charge on any atom is 0.173 e. The van der Waals surface area contributed by atoms with E-state index in [1.807, 2.05) is 30.3 Å². The van der Waals surface area contributed by atoms with Gasteiger partial charge in [-0.05, 0) is 31.7 Å². The van der Waals surface area contributed by atoms with Crippen LogP contribution in [0.3, 0.4) is 0 Å². The van der Waals surface area contributed by atoms with E-state index in [1.165, 1.54) is 22.9 Å². The van der Waals surface area contributed by atoms with E-state index in [0.29, 0.717) is 18.3 Å². The molecule has 0 saturated carbocycles. The monoisotopic (exact) mass is 477 g/mol. The molecule has 1 aliphatic rings. The third-order valence-corrected chi connectivity index (χ3v) is 8.12. The lowest BCUT2D eigenvalue weighted by atomic mass is 9.88. The zero-order chi connectivity index (χ0) is 23.2. The molecule has 170 valence electrons. The highest BCUT2D eigenvalue weighted by atomic mass is 32.2. The van der Waals surface area contributed by atoms with E-state index < -0.39 is 0 Å². The molecule has 0 fully saturated rings. The zero-order valence-electron chi connectivity index (χ0n) is 19.3. The van der Waals surface area contributed by atoms with Crippen LogP contribution in [0, 0.1) is 5.92 Å². The lowest BCUT2D eigenvalue weighted by molar-refractivity contribution is -0.0402. The normalized spacial score (nSPS) is 15.3. The first-order valence-electron chi connectivity index (χ1n) is 11.3. The Hall–Kier alpha value is -2.35. The Balaban J connectivity index is 1.59. The second kappa shape index (κ2) is 8.78. The van der Waals surface area contributed by atoms with Crippen molar-refractivity contribution in [3.05, 3.63) is 59.0 Å². The van der Waals surface area contributed by atoms with Gasteiger partial charge in [0.2, 0.25) is 0 Å². The quantitative estimate of drug-likeness (QED) is 0.185. The Bertz CT molecular complexity index is 1350. The van der Waals surface area contributed by atoms with Crippen molar-refractivity contribution < 1.29 is 9.53 Å². The maximum absolute atomic E-state index is 12.6. The molecule has 5 rings (SSSR count). The first-order chi connectivity index (χ1) is 15.8. The van der Waals surface area contributed by atoms with Gasteiger partial charge in [0, 0.05) is 28.6 Å². The summed E-state index contributed by atoms with van der Waals surface area (Å²) in [6, 6.07) is 9.41. The van der Waals surface area contributed by atoms with Crippen LogP contribution in [0.4, 0.5) is 0 Å². The average Bonchev–Trinajstić information content (AvgIpc) is 3.16. The lowest BCUT2D eigenvalue weighted by Gasteiger charge is -2.33. The van der Waals surface area contributed by atoms with Crippen LogP contribution in [0.1, 0.15) is 54.9 Å². The third kappa shape index (κ3) is 4.42. The van der Waals surface area contributed by atoms with Crippen LogP contribution in [0.2, 0.25) is 0 Å². The number of thioether (sulfide) groups is 1. The fourth-order valence-electron chi connectivity index (χ4n) is 4.35. The van der Waals surface area contributed by atoms with Crippen LogP contribution in [0.25, 0.3) is 20.4 Å². The van der Waals surface area contributed by atoms with E-state index in [9.17, 15) is 4.79 Å². The number of benzene rings is 1. The van der Waals surface area contributed by atoms with Crippen molar-refractivity contribution in [3.63, 3.8) is 0 Å². The second-order valence-corrected chi connectivity index (χ2v) is 11.5. The summed E-state index contributed by atoms with van der Waals surface area (Å²) in [6.45, 7) is 9.32. The number of fused-ring (bicyclic) bond motifs is 5. The molecule has 4 aromatic rings. The highest BCUT2D eigenvalue weighted by Crippen LogP contribution is 2.43. The SMILES string of the molecule is CC(C)Cc1nc2sc3c(SCC(=O)c4ccccc4)ncnc3c2c2c1COC(C)(C)C2. The first-order valence-corrected chi connectivity index (χ1v) is 13.1. The number of ketones is 1. The molecular formula is C26H27N3O2S2. The molecule has 0 radical (unpaired) electrons. The standard InChI is InChI=1S/C26H27N3O2S2/c1-15(2)10-19-18-12-31-26(3,4)11-17(18)21-22-23(33-24(21)29-19)25(28-14-27-22)32-13-20(30)16-8-6-5-7-9-16/h5-9,14-15H,10-13H2,1-4H3. The molecule has 0 aliphatic carbocycles. The van der Waals surface area contributed by atoms with E-state index in [-0.39, 0.29) is 11.4 Å². The molecule has 0 atom stereocenters. The lowest BCUT2D eigenvalue weighted by Crippen LogP contribution is -2.33. The molecular weight excluding hydrogens is 450 g/mol. The Kier molecular flexibility index (Phi) is 5.97. The number of hydrogen-bond donors (Lipinski definition) is 0. The molecule has 0 unspecified atom stereocenters. The van der Waals surface area contributed by atoms with Gasteiger partial charge in [-0.3, -0.25) is 4.79 Å². The number of carbonyl (C=O) groups excluding carboxylic acids is 1. The number of aromatic nitrogens is 3. The Morgan fingerprint density at radius 2 is 1.97 bits per heavy atom. The minimum atomic E-state index is -0.225. The van der Waals surface area contributed by atoms with Crippen molar-refractivity contribution in [1.82, 2.24) is 15.0 Å². The Labute approximate surface area is 202 Å². The predicted molar refractivity (Wildman–Crippen MR) is 135 cm³/mol. The highest BCUT2D eigenvalue weighted by Gasteiger charge is 2.31. The van der Waals surface area contributed by atoms with Gasteiger partial charge in [-0.15, -0.1) is 11.3 Å². The summed E-state index contributed by atoms with van der Waals surface area (Å²) in [6.07, 6.45) is 3.37. The van der Waals surface area contributed by atoms with E-state index >= 15 is 0 Å². The Morgan fingerprint density at radius 1 is 1.18 bits per heavy atom. The largest absolute Gasteiger partial charge is 0.370 e. The maximum atomic E-state index is 12.6. The zero-order valence-corrected chi connectivity index (χ0v) is 21.0. The molecule has 1 aliphatic heterocycles. The molecule has 5 nitrogen and oxygen atoms in total. The number of Topliss-reactive ketones (excluding diaryl/α,β-unsaturated/α-hetero) is 1. The number of ether oxygens (including phenoxy) is 1. The van der Waals surface area contributed by atoms with Crippen molar-refractivity contribution in [2.75, 3.05) is 5.75 Å². The van der Waals surface area contributed by atoms with Gasteiger partial charge in [0.15, 0.2) is 5.78 Å². The number of rotatable bonds is 6. The summed E-state index contributed by atoms with van der Waals surface area (Å²) in [5.74, 6) is 0.954. The van der Waals surface area contributed by atoms with Gasteiger partial charge < -0.3 is 4.74 Å². The molecule has 0 spiro atoms. The molecule has 0 saturated heterocycles. The first kappa shape index (κ1) is 22.4. The number of thiophene rings is 1. The van der Waals surface area contributed by atoms with Gasteiger partial charge >= 0.3 is 0 Å². The molecule has 33 heavy (non-hydrogen) atoms. The smallest absolute Gasteiger partial charge is 0.173 e. The fraction of sp³-hybridized carbons (Fsp3) is 0.385. The topological polar surface area (TPSA) is 65.0 Å². The number of hydrogen-bond acceptors (Lipinski definition) is 7. The van der Waals surface area contributed by atoms with E-state index in [1.54, 1.807) is 17.7 Å². The van der Waals surface area contributed by atoms with Crippen molar-refractivity contribution in [3.8, 4) is 0 Å². The van der Waals surface area contributed by atoms with E-state index in [2.05, 4.69) is 37.7 Å². The molecule has 4 heterocycles. The Morgan fingerprint density at radius 3 is 2.73 bits per heavy atom. The van der Waals surface area contributed by atoms with Crippen LogP contribution >= 0.6 is 23.1 Å². The van der Waals surface area contributed by atoms with Crippen LogP contribution in [-0.4, -0.2) is 32.1 Å². The number of pyridine rings is 1. The molecule has 1 aromatic carbocycles. The fourth-order valence-corrected chi connectivity index (χ4v) is 6.50.